The Morgan fingerprint density at radius 2 is 2.24 bits per heavy atom. The van der Waals surface area contributed by atoms with Crippen LogP contribution in [0.15, 0.2) is 24.3 Å². The third kappa shape index (κ3) is 3.75. The molecule has 0 saturated heterocycles. The second-order valence-corrected chi connectivity index (χ2v) is 4.05. The number of carboxylic acids is 1. The van der Waals surface area contributed by atoms with Gasteiger partial charge in [-0.1, -0.05) is 19.1 Å². The Bertz CT molecular complexity index is 379. The van der Waals surface area contributed by atoms with E-state index in [1.54, 1.807) is 7.11 Å². The van der Waals surface area contributed by atoms with Crippen molar-refractivity contribution in [3.63, 3.8) is 0 Å². The molecule has 0 spiro atoms. The highest BCUT2D eigenvalue weighted by Crippen LogP contribution is 2.27. The quantitative estimate of drug-likeness (QED) is 0.793. The summed E-state index contributed by atoms with van der Waals surface area (Å²) in [6.07, 6.45) is 0.789. The molecule has 0 aliphatic heterocycles. The van der Waals surface area contributed by atoms with Gasteiger partial charge in [-0.25, -0.2) is 0 Å². The SMILES string of the molecule is CCC(N)C(CC(=O)O)c1cccc(OC)c1. The van der Waals surface area contributed by atoms with Crippen LogP contribution in [0.2, 0.25) is 0 Å². The molecule has 3 N–H and O–H groups in total. The maximum Gasteiger partial charge on any atom is 0.304 e. The molecular weight excluding hydrogens is 218 g/mol. The fraction of sp³-hybridized carbons (Fsp3) is 0.462. The predicted octanol–water partition coefficient (Wildman–Crippen LogP) is 1.99. The van der Waals surface area contributed by atoms with Crippen molar-refractivity contribution < 1.29 is 14.6 Å². The van der Waals surface area contributed by atoms with E-state index in [1.807, 2.05) is 31.2 Å². The van der Waals surface area contributed by atoms with Crippen molar-refractivity contribution in [2.24, 2.45) is 5.73 Å². The highest BCUT2D eigenvalue weighted by Gasteiger charge is 2.21. The summed E-state index contributed by atoms with van der Waals surface area (Å²) in [4.78, 5) is 10.9. The van der Waals surface area contributed by atoms with Crippen molar-refractivity contribution in [1.29, 1.82) is 0 Å². The normalized spacial score (nSPS) is 14.1. The topological polar surface area (TPSA) is 72.6 Å². The van der Waals surface area contributed by atoms with Crippen LogP contribution in [-0.2, 0) is 4.79 Å². The van der Waals surface area contributed by atoms with Gasteiger partial charge in [0.15, 0.2) is 0 Å². The zero-order valence-electron chi connectivity index (χ0n) is 10.2. The molecule has 0 aliphatic carbocycles. The van der Waals surface area contributed by atoms with Gasteiger partial charge in [0.2, 0.25) is 0 Å². The largest absolute Gasteiger partial charge is 0.497 e. The lowest BCUT2D eigenvalue weighted by Crippen LogP contribution is -2.29. The van der Waals surface area contributed by atoms with Crippen LogP contribution in [0.1, 0.15) is 31.2 Å². The molecule has 4 heteroatoms. The number of benzene rings is 1. The summed E-state index contributed by atoms with van der Waals surface area (Å²) in [5.41, 5.74) is 6.90. The van der Waals surface area contributed by atoms with E-state index in [1.165, 1.54) is 0 Å². The van der Waals surface area contributed by atoms with Gasteiger partial charge >= 0.3 is 5.97 Å². The van der Waals surface area contributed by atoms with Crippen molar-refractivity contribution in [2.45, 2.75) is 31.7 Å². The summed E-state index contributed by atoms with van der Waals surface area (Å²) >= 11 is 0. The second kappa shape index (κ2) is 6.25. The lowest BCUT2D eigenvalue weighted by molar-refractivity contribution is -0.137. The zero-order chi connectivity index (χ0) is 12.8. The first-order chi connectivity index (χ1) is 8.08. The lowest BCUT2D eigenvalue weighted by Gasteiger charge is -2.22. The Morgan fingerprint density at radius 1 is 1.53 bits per heavy atom. The van der Waals surface area contributed by atoms with Gasteiger partial charge in [-0.15, -0.1) is 0 Å². The number of methoxy groups -OCH3 is 1. The summed E-state index contributed by atoms with van der Waals surface area (Å²) in [5, 5.41) is 8.93. The van der Waals surface area contributed by atoms with Crippen molar-refractivity contribution in [2.75, 3.05) is 7.11 Å². The molecule has 4 nitrogen and oxygen atoms in total. The van der Waals surface area contributed by atoms with E-state index in [9.17, 15) is 4.79 Å². The first kappa shape index (κ1) is 13.5. The molecule has 0 heterocycles. The zero-order valence-corrected chi connectivity index (χ0v) is 10.2. The number of rotatable bonds is 6. The summed E-state index contributed by atoms with van der Waals surface area (Å²) in [5.74, 6) is -0.282. The van der Waals surface area contributed by atoms with Crippen molar-refractivity contribution >= 4 is 5.97 Å². The molecule has 1 rings (SSSR count). The van der Waals surface area contributed by atoms with E-state index < -0.39 is 5.97 Å². The molecule has 0 bridgehead atoms. The molecule has 0 radical (unpaired) electrons. The molecule has 0 amide bonds. The number of carbonyl (C=O) groups is 1. The summed E-state index contributed by atoms with van der Waals surface area (Å²) in [6, 6.07) is 7.28. The van der Waals surface area contributed by atoms with Crippen molar-refractivity contribution in [3.05, 3.63) is 29.8 Å². The number of hydrogen-bond acceptors (Lipinski definition) is 3. The Morgan fingerprint density at radius 3 is 2.76 bits per heavy atom. The van der Waals surface area contributed by atoms with Crippen LogP contribution >= 0.6 is 0 Å². The van der Waals surface area contributed by atoms with Crippen LogP contribution in [-0.4, -0.2) is 24.2 Å². The van der Waals surface area contributed by atoms with E-state index in [0.29, 0.717) is 0 Å². The summed E-state index contributed by atoms with van der Waals surface area (Å²) in [6.45, 7) is 1.96. The van der Waals surface area contributed by atoms with Crippen molar-refractivity contribution in [3.8, 4) is 5.75 Å². The van der Waals surface area contributed by atoms with Gasteiger partial charge in [-0.2, -0.15) is 0 Å². The fourth-order valence-corrected chi connectivity index (χ4v) is 1.86. The highest BCUT2D eigenvalue weighted by atomic mass is 16.5. The average Bonchev–Trinajstić information content (AvgIpc) is 2.35. The third-order valence-corrected chi connectivity index (χ3v) is 2.90. The molecule has 17 heavy (non-hydrogen) atoms. The number of aliphatic carboxylic acids is 1. The third-order valence-electron chi connectivity index (χ3n) is 2.90. The van der Waals surface area contributed by atoms with Gasteiger partial charge in [0.05, 0.1) is 13.5 Å². The van der Waals surface area contributed by atoms with Gasteiger partial charge < -0.3 is 15.6 Å². The van der Waals surface area contributed by atoms with Crippen LogP contribution in [0, 0.1) is 0 Å². The van der Waals surface area contributed by atoms with Crippen LogP contribution in [0.4, 0.5) is 0 Å². The molecule has 2 unspecified atom stereocenters. The number of carboxylic acid groups (broad SMARTS) is 1. The fourth-order valence-electron chi connectivity index (χ4n) is 1.86. The number of hydrogen-bond donors (Lipinski definition) is 2. The first-order valence-corrected chi connectivity index (χ1v) is 5.69. The van der Waals surface area contributed by atoms with E-state index >= 15 is 0 Å². The van der Waals surface area contributed by atoms with Gasteiger partial charge in [-0.05, 0) is 24.1 Å². The monoisotopic (exact) mass is 237 g/mol. The minimum absolute atomic E-state index is 0.0438. The van der Waals surface area contributed by atoms with Crippen LogP contribution < -0.4 is 10.5 Å². The first-order valence-electron chi connectivity index (χ1n) is 5.69. The van der Waals surface area contributed by atoms with Crippen LogP contribution in [0.5, 0.6) is 5.75 Å². The Hall–Kier alpha value is -1.55. The standard InChI is InChI=1S/C13H19NO3/c1-3-12(14)11(8-13(15)16)9-5-4-6-10(7-9)17-2/h4-7,11-12H,3,8,14H2,1-2H3,(H,15,16). The summed E-state index contributed by atoms with van der Waals surface area (Å²) in [7, 11) is 1.59. The molecular formula is C13H19NO3. The molecule has 0 fully saturated rings. The number of ether oxygens (including phenoxy) is 1. The summed E-state index contributed by atoms with van der Waals surface area (Å²) < 4.78 is 5.14. The van der Waals surface area contributed by atoms with Gasteiger partial charge in [0.25, 0.3) is 0 Å². The lowest BCUT2D eigenvalue weighted by atomic mass is 9.87. The van der Waals surface area contributed by atoms with Crippen molar-refractivity contribution in [1.82, 2.24) is 0 Å². The van der Waals surface area contributed by atoms with Gasteiger partial charge in [0.1, 0.15) is 5.75 Å². The Labute approximate surface area is 101 Å². The minimum Gasteiger partial charge on any atom is -0.497 e. The van der Waals surface area contributed by atoms with Gasteiger partial charge in [-0.3, -0.25) is 4.79 Å². The van der Waals surface area contributed by atoms with Crippen LogP contribution in [0.25, 0.3) is 0 Å². The highest BCUT2D eigenvalue weighted by molar-refractivity contribution is 5.68. The van der Waals surface area contributed by atoms with E-state index in [0.717, 1.165) is 17.7 Å². The minimum atomic E-state index is -0.832. The molecule has 0 aliphatic rings. The maximum absolute atomic E-state index is 10.9. The molecule has 2 atom stereocenters. The predicted molar refractivity (Wildman–Crippen MR) is 66.3 cm³/mol. The van der Waals surface area contributed by atoms with E-state index in [-0.39, 0.29) is 18.4 Å². The molecule has 0 saturated carbocycles. The molecule has 1 aromatic rings. The van der Waals surface area contributed by atoms with Gasteiger partial charge in [0, 0.05) is 12.0 Å². The second-order valence-electron chi connectivity index (χ2n) is 4.05. The molecule has 0 aromatic heterocycles. The number of nitrogens with two attached hydrogens (primary N) is 1. The smallest absolute Gasteiger partial charge is 0.304 e. The Kier molecular flexibility index (Phi) is 4.97. The van der Waals surface area contributed by atoms with E-state index in [2.05, 4.69) is 0 Å². The average molecular weight is 237 g/mol. The Balaban J connectivity index is 2.98. The van der Waals surface area contributed by atoms with Crippen LogP contribution in [0.3, 0.4) is 0 Å². The molecule has 1 aromatic carbocycles. The van der Waals surface area contributed by atoms with E-state index in [4.69, 9.17) is 15.6 Å². The molecule has 94 valence electrons. The maximum atomic E-state index is 10.9.